The molecule has 0 radical (unpaired) electrons. The van der Waals surface area contributed by atoms with E-state index in [0.29, 0.717) is 37.9 Å². The molecule has 3 saturated heterocycles. The van der Waals surface area contributed by atoms with Crippen LogP contribution in [0.25, 0.3) is 0 Å². The molecule has 11 nitrogen and oxygen atoms in total. The van der Waals surface area contributed by atoms with E-state index in [9.17, 15) is 24.0 Å². The highest BCUT2D eigenvalue weighted by atomic mass is 16.5. The maximum atomic E-state index is 14.2. The van der Waals surface area contributed by atoms with Crippen molar-refractivity contribution in [3.63, 3.8) is 0 Å². The van der Waals surface area contributed by atoms with Gasteiger partial charge in [-0.15, -0.1) is 0 Å². The van der Waals surface area contributed by atoms with Crippen molar-refractivity contribution in [2.75, 3.05) is 33.8 Å². The fourth-order valence-electron chi connectivity index (χ4n) is 7.43. The number of piperidine rings is 2. The molecular weight excluding hydrogens is 598 g/mol. The van der Waals surface area contributed by atoms with Crippen LogP contribution in [0.2, 0.25) is 0 Å². The Morgan fingerprint density at radius 2 is 1.40 bits per heavy atom. The summed E-state index contributed by atoms with van der Waals surface area (Å²) in [7, 11) is 3.07. The Bertz CT molecular complexity index is 1180. The van der Waals surface area contributed by atoms with Crippen LogP contribution in [-0.4, -0.2) is 119 Å². The molecule has 3 fully saturated rings. The quantitative estimate of drug-likeness (QED) is 0.280. The number of nitrogens with one attached hydrogen (secondary N) is 1. The van der Waals surface area contributed by atoms with E-state index in [1.165, 1.54) is 7.11 Å². The highest BCUT2D eigenvalue weighted by molar-refractivity contribution is 5.98. The largest absolute Gasteiger partial charge is 0.467 e. The number of carbonyl (C=O) groups is 5. The van der Waals surface area contributed by atoms with Gasteiger partial charge in [-0.25, -0.2) is 4.79 Å². The predicted molar refractivity (Wildman–Crippen MR) is 182 cm³/mol. The Morgan fingerprint density at radius 3 is 1.98 bits per heavy atom. The predicted octanol–water partition coefficient (Wildman–Crippen LogP) is 3.75. The van der Waals surface area contributed by atoms with Gasteiger partial charge in [-0.1, -0.05) is 47.1 Å². The van der Waals surface area contributed by atoms with Gasteiger partial charge in [0.05, 0.1) is 19.2 Å². The first-order valence-electron chi connectivity index (χ1n) is 17.7. The highest BCUT2D eigenvalue weighted by Crippen LogP contribution is 2.28. The number of ether oxygens (including phenoxy) is 1. The molecule has 4 amide bonds. The van der Waals surface area contributed by atoms with Crippen molar-refractivity contribution in [3.8, 4) is 0 Å². The smallest absolute Gasteiger partial charge is 0.328 e. The molecule has 47 heavy (non-hydrogen) atoms. The lowest BCUT2D eigenvalue weighted by Gasteiger charge is -2.41. The lowest BCUT2D eigenvalue weighted by atomic mass is 9.84. The third kappa shape index (κ3) is 9.15. The normalized spacial score (nSPS) is 24.3. The summed E-state index contributed by atoms with van der Waals surface area (Å²) in [6, 6.07) is -2.47. The van der Waals surface area contributed by atoms with E-state index in [1.54, 1.807) is 28.7 Å². The van der Waals surface area contributed by atoms with E-state index in [-0.39, 0.29) is 41.6 Å². The lowest BCUT2D eigenvalue weighted by Crippen LogP contribution is -2.60. The summed E-state index contributed by atoms with van der Waals surface area (Å²) >= 11 is 0. The maximum Gasteiger partial charge on any atom is 0.328 e. The zero-order valence-electron chi connectivity index (χ0n) is 30.6. The molecule has 5 atom stereocenters. The van der Waals surface area contributed by atoms with Crippen LogP contribution in [0.4, 0.5) is 0 Å². The van der Waals surface area contributed by atoms with Crippen molar-refractivity contribution in [3.05, 3.63) is 11.6 Å². The average molecular weight is 660 g/mol. The van der Waals surface area contributed by atoms with Crippen LogP contribution in [0.1, 0.15) is 107 Å². The number of rotatable bonds is 10. The number of esters is 1. The van der Waals surface area contributed by atoms with Crippen molar-refractivity contribution in [1.82, 2.24) is 24.9 Å². The standard InChI is InChI=1S/C36H61N5O6/c1-23(2)29(38(9)34(45)30(36(6,7)8)37-31(42)26-16-11-13-19-39(26)24(3)4)22-25(5)32(43)40-21-15-18-27(40)33(44)41-20-14-12-17-28(41)35(46)47-10/h22-24,26-30H,11-21H2,1-10H3,(H,37,42)/b25-22+. The number of amides is 4. The summed E-state index contributed by atoms with van der Waals surface area (Å²) < 4.78 is 4.98. The maximum absolute atomic E-state index is 14.2. The van der Waals surface area contributed by atoms with E-state index < -0.39 is 35.6 Å². The molecule has 11 heteroatoms. The van der Waals surface area contributed by atoms with E-state index in [4.69, 9.17) is 4.74 Å². The topological polar surface area (TPSA) is 120 Å². The van der Waals surface area contributed by atoms with E-state index in [0.717, 1.165) is 38.6 Å². The van der Waals surface area contributed by atoms with Gasteiger partial charge in [0.2, 0.25) is 23.6 Å². The zero-order chi connectivity index (χ0) is 35.2. The summed E-state index contributed by atoms with van der Waals surface area (Å²) in [6.45, 7) is 17.6. The van der Waals surface area contributed by atoms with Gasteiger partial charge in [-0.2, -0.15) is 0 Å². The second kappa shape index (κ2) is 16.4. The summed E-state index contributed by atoms with van der Waals surface area (Å²) in [4.78, 5) is 75.0. The molecule has 0 aromatic carbocycles. The molecule has 3 rings (SSSR count). The van der Waals surface area contributed by atoms with Crippen LogP contribution < -0.4 is 5.32 Å². The molecule has 0 bridgehead atoms. The first kappa shape index (κ1) is 38.5. The minimum Gasteiger partial charge on any atom is -0.467 e. The van der Waals surface area contributed by atoms with Crippen LogP contribution >= 0.6 is 0 Å². The third-order valence-corrected chi connectivity index (χ3v) is 10.2. The van der Waals surface area contributed by atoms with Gasteiger partial charge in [-0.3, -0.25) is 24.1 Å². The second-order valence-corrected chi connectivity index (χ2v) is 15.4. The highest BCUT2D eigenvalue weighted by Gasteiger charge is 2.43. The van der Waals surface area contributed by atoms with Crippen molar-refractivity contribution in [1.29, 1.82) is 0 Å². The Balaban J connectivity index is 1.80. The van der Waals surface area contributed by atoms with Gasteiger partial charge in [0.1, 0.15) is 18.1 Å². The molecule has 3 aliphatic heterocycles. The molecule has 3 heterocycles. The fourth-order valence-corrected chi connectivity index (χ4v) is 7.43. The van der Waals surface area contributed by atoms with Crippen LogP contribution in [0.3, 0.4) is 0 Å². The van der Waals surface area contributed by atoms with Crippen LogP contribution in [0.5, 0.6) is 0 Å². The molecule has 5 unspecified atom stereocenters. The van der Waals surface area contributed by atoms with Crippen molar-refractivity contribution in [2.24, 2.45) is 11.3 Å². The summed E-state index contributed by atoms with van der Waals surface area (Å²) in [5.41, 5.74) is -0.0917. The van der Waals surface area contributed by atoms with Crippen LogP contribution in [0, 0.1) is 11.3 Å². The number of nitrogens with zero attached hydrogens (tertiary/aromatic N) is 4. The third-order valence-electron chi connectivity index (χ3n) is 10.2. The number of hydrogen-bond acceptors (Lipinski definition) is 7. The first-order chi connectivity index (χ1) is 22.0. The SMILES string of the molecule is COC(=O)C1CCCCN1C(=O)C1CCCN1C(=O)/C(C)=C/C(C(C)C)N(C)C(=O)C(NC(=O)C1CCCCN1C(C)C)C(C)(C)C. The fraction of sp³-hybridized carbons (Fsp3) is 0.806. The Morgan fingerprint density at radius 1 is 0.830 bits per heavy atom. The lowest BCUT2D eigenvalue weighted by molar-refractivity contribution is -0.157. The molecular formula is C36H61N5O6. The van der Waals surface area contributed by atoms with E-state index >= 15 is 0 Å². The minimum atomic E-state index is -0.755. The van der Waals surface area contributed by atoms with Crippen molar-refractivity contribution >= 4 is 29.6 Å². The van der Waals surface area contributed by atoms with Gasteiger partial charge >= 0.3 is 5.97 Å². The van der Waals surface area contributed by atoms with E-state index in [1.807, 2.05) is 40.7 Å². The average Bonchev–Trinajstić information content (AvgIpc) is 3.53. The first-order valence-corrected chi connectivity index (χ1v) is 17.7. The summed E-state index contributed by atoms with van der Waals surface area (Å²) in [5, 5.41) is 3.13. The molecule has 3 aliphatic rings. The van der Waals surface area contributed by atoms with Gasteiger partial charge < -0.3 is 24.8 Å². The van der Waals surface area contributed by atoms with Crippen LogP contribution in [-0.2, 0) is 28.7 Å². The van der Waals surface area contributed by atoms with Gasteiger partial charge in [-0.05, 0) is 83.6 Å². The van der Waals surface area contributed by atoms with Crippen molar-refractivity contribution in [2.45, 2.75) is 143 Å². The summed E-state index contributed by atoms with van der Waals surface area (Å²) in [5.74, 6) is -1.21. The van der Waals surface area contributed by atoms with Crippen molar-refractivity contribution < 1.29 is 28.7 Å². The Hall–Kier alpha value is -2.95. The number of carbonyl (C=O) groups excluding carboxylic acids is 5. The summed E-state index contributed by atoms with van der Waals surface area (Å²) in [6.07, 6.45) is 8.08. The Kier molecular flexibility index (Phi) is 13.5. The van der Waals surface area contributed by atoms with Gasteiger partial charge in [0.25, 0.3) is 0 Å². The molecule has 1 N–H and O–H groups in total. The number of hydrogen-bond donors (Lipinski definition) is 1. The number of methoxy groups -OCH3 is 1. The van der Waals surface area contributed by atoms with Gasteiger partial charge in [0.15, 0.2) is 0 Å². The molecule has 0 saturated carbocycles. The van der Waals surface area contributed by atoms with E-state index in [2.05, 4.69) is 24.1 Å². The molecule has 0 spiro atoms. The number of likely N-dealkylation sites (N-methyl/N-ethyl adjacent to an activating group) is 1. The zero-order valence-corrected chi connectivity index (χ0v) is 30.6. The second-order valence-electron chi connectivity index (χ2n) is 15.4. The minimum absolute atomic E-state index is 0.0250. The monoisotopic (exact) mass is 659 g/mol. The van der Waals surface area contributed by atoms with Crippen LogP contribution in [0.15, 0.2) is 11.6 Å². The van der Waals surface area contributed by atoms with Gasteiger partial charge in [0, 0.05) is 31.8 Å². The molecule has 266 valence electrons. The Labute approximate surface area is 282 Å². The molecule has 0 aromatic rings. The molecule has 0 aromatic heterocycles. The number of likely N-dealkylation sites (tertiary alicyclic amines) is 3. The molecule has 0 aliphatic carbocycles.